The number of halogens is 5. The number of alkyl halides is 5. The predicted octanol–water partition coefficient (Wildman–Crippen LogP) is 8.53. The summed E-state index contributed by atoms with van der Waals surface area (Å²) in [5, 5.41) is 14.1. The number of furan rings is 1. The van der Waals surface area contributed by atoms with Crippen molar-refractivity contribution >= 4 is 17.1 Å². The number of rotatable bonds is 6. The van der Waals surface area contributed by atoms with Crippen molar-refractivity contribution in [3.05, 3.63) is 83.6 Å². The summed E-state index contributed by atoms with van der Waals surface area (Å²) < 4.78 is 78.2. The van der Waals surface area contributed by atoms with Gasteiger partial charge in [-0.3, -0.25) is 4.90 Å². The second-order valence-corrected chi connectivity index (χ2v) is 12.0. The van der Waals surface area contributed by atoms with Crippen LogP contribution in [0.25, 0.3) is 33.2 Å². The summed E-state index contributed by atoms with van der Waals surface area (Å²) >= 11 is 0. The molecule has 0 bridgehead atoms. The number of aliphatic hydroxyl groups excluding tert-OH is 1. The maximum absolute atomic E-state index is 13.6. The van der Waals surface area contributed by atoms with Crippen molar-refractivity contribution in [2.75, 3.05) is 13.1 Å². The zero-order valence-corrected chi connectivity index (χ0v) is 24.5. The average Bonchev–Trinajstić information content (AvgIpc) is 3.37. The molecule has 1 atom stereocenters. The Balaban J connectivity index is 1.46. The van der Waals surface area contributed by atoms with Crippen molar-refractivity contribution in [3.63, 3.8) is 0 Å². The van der Waals surface area contributed by atoms with E-state index >= 15 is 0 Å². The zero-order valence-electron chi connectivity index (χ0n) is 24.5. The summed E-state index contributed by atoms with van der Waals surface area (Å²) in [6, 6.07) is 17.2. The van der Waals surface area contributed by atoms with Gasteiger partial charge in [0, 0.05) is 36.9 Å². The summed E-state index contributed by atoms with van der Waals surface area (Å²) in [4.78, 5) is 13.8. The highest BCUT2D eigenvalue weighted by Gasteiger charge is 2.36. The van der Waals surface area contributed by atoms with Crippen LogP contribution in [0, 0.1) is 0 Å². The van der Waals surface area contributed by atoms with Gasteiger partial charge in [-0.15, -0.1) is 0 Å². The fraction of sp³-hybridized carbons (Fsp3) is 0.364. The lowest BCUT2D eigenvalue weighted by molar-refractivity contribution is -0.137. The quantitative estimate of drug-likeness (QED) is 0.213. The molecule has 1 amide bonds. The second kappa shape index (κ2) is 11.9. The van der Waals surface area contributed by atoms with E-state index < -0.39 is 35.6 Å². The number of fused-ring (bicyclic) bond motifs is 1. The molecule has 0 saturated carbocycles. The van der Waals surface area contributed by atoms with Crippen molar-refractivity contribution in [3.8, 4) is 22.3 Å². The van der Waals surface area contributed by atoms with Gasteiger partial charge in [-0.2, -0.15) is 13.2 Å². The first-order valence-electron chi connectivity index (χ1n) is 14.2. The van der Waals surface area contributed by atoms with Crippen LogP contribution < -0.4 is 5.32 Å². The first-order chi connectivity index (χ1) is 20.6. The molecule has 1 aliphatic heterocycles. The van der Waals surface area contributed by atoms with E-state index in [9.17, 15) is 31.9 Å². The molecule has 1 aliphatic rings. The molecule has 1 fully saturated rings. The number of nitrogens with zero attached hydrogens (tertiary/aromatic N) is 1. The Bertz CT molecular complexity index is 1610. The predicted molar refractivity (Wildman–Crippen MR) is 156 cm³/mol. The molecule has 1 saturated heterocycles. The van der Waals surface area contributed by atoms with Crippen LogP contribution >= 0.6 is 0 Å². The number of benzene rings is 3. The van der Waals surface area contributed by atoms with Gasteiger partial charge in [0.1, 0.15) is 23.2 Å². The number of piperidine rings is 1. The molecule has 3 aromatic carbocycles. The number of nitrogens with one attached hydrogen (secondary N) is 1. The Morgan fingerprint density at radius 3 is 2.16 bits per heavy atom. The number of aliphatic hydroxyl groups is 1. The summed E-state index contributed by atoms with van der Waals surface area (Å²) in [5.41, 5.74) is 2.07. The number of carbonyl (C=O) groups excluding carboxylic acids is 1. The number of amides is 1. The van der Waals surface area contributed by atoms with Gasteiger partial charge >= 0.3 is 12.3 Å². The maximum Gasteiger partial charge on any atom is 0.416 e. The molecule has 1 unspecified atom stereocenters. The fourth-order valence-corrected chi connectivity index (χ4v) is 5.14. The molecule has 6 nitrogen and oxygen atoms in total. The van der Waals surface area contributed by atoms with Crippen LogP contribution in [-0.4, -0.2) is 40.7 Å². The largest absolute Gasteiger partial charge is 0.459 e. The zero-order chi connectivity index (χ0) is 31.9. The van der Waals surface area contributed by atoms with Crippen LogP contribution in [-0.2, 0) is 17.5 Å². The minimum absolute atomic E-state index is 0.0282. The van der Waals surface area contributed by atoms with Crippen LogP contribution in [0.4, 0.5) is 26.7 Å². The maximum atomic E-state index is 13.6. The van der Waals surface area contributed by atoms with E-state index in [4.69, 9.17) is 9.15 Å². The molecule has 0 radical (unpaired) electrons. The van der Waals surface area contributed by atoms with Gasteiger partial charge < -0.3 is 19.6 Å². The monoisotopic (exact) mass is 616 g/mol. The van der Waals surface area contributed by atoms with Gasteiger partial charge in [0.2, 0.25) is 0 Å². The Morgan fingerprint density at radius 2 is 1.57 bits per heavy atom. The number of alkyl carbamates (subject to hydrolysis) is 1. The lowest BCUT2D eigenvalue weighted by atomic mass is 9.95. The van der Waals surface area contributed by atoms with Gasteiger partial charge in [0.25, 0.3) is 5.92 Å². The molecular weight excluding hydrogens is 583 g/mol. The van der Waals surface area contributed by atoms with Gasteiger partial charge in [-0.1, -0.05) is 36.4 Å². The van der Waals surface area contributed by atoms with Gasteiger partial charge in [0.15, 0.2) is 0 Å². The van der Waals surface area contributed by atoms with Crippen molar-refractivity contribution in [2.45, 2.75) is 64.1 Å². The summed E-state index contributed by atoms with van der Waals surface area (Å²) in [6.45, 7) is 5.42. The highest BCUT2D eigenvalue weighted by Crippen LogP contribution is 2.38. The van der Waals surface area contributed by atoms with Crippen molar-refractivity contribution in [1.82, 2.24) is 10.2 Å². The SMILES string of the molecule is CC(C)(C)OC(=O)NCc1cc2cc(-c3ccc(C(O)N4CCC(F)(F)CC4)cc3)cc(-c3ccc(C(F)(F)F)cc3)c2o1. The average molecular weight is 617 g/mol. The molecule has 11 heteroatoms. The van der Waals surface area contributed by atoms with Crippen LogP contribution in [0.2, 0.25) is 0 Å². The Labute approximate surface area is 251 Å². The van der Waals surface area contributed by atoms with Crippen LogP contribution in [0.15, 0.2) is 71.1 Å². The van der Waals surface area contributed by atoms with E-state index in [1.54, 1.807) is 62.1 Å². The van der Waals surface area contributed by atoms with Crippen molar-refractivity contribution in [2.24, 2.45) is 0 Å². The summed E-state index contributed by atoms with van der Waals surface area (Å²) in [5.74, 6) is -2.30. The standard InChI is InChI=1S/C33H33F5N2O4/c1-31(2,3)44-30(42)39-19-26-17-24-16-23(18-27(28(24)43-26)21-8-10-25(11-9-21)33(36,37)38)20-4-6-22(7-5-20)29(41)40-14-12-32(34,35)13-15-40/h4-11,16-18,29,41H,12-15,19H2,1-3H3,(H,39,42). The number of likely N-dealkylation sites (tertiary alicyclic amines) is 1. The summed E-state index contributed by atoms with van der Waals surface area (Å²) in [6.07, 6.45) is -6.76. The second-order valence-electron chi connectivity index (χ2n) is 12.0. The molecule has 1 aromatic heterocycles. The minimum Gasteiger partial charge on any atom is -0.459 e. The van der Waals surface area contributed by atoms with Gasteiger partial charge in [0.05, 0.1) is 12.1 Å². The normalized spacial score (nSPS) is 16.6. The third kappa shape index (κ3) is 7.39. The number of hydrogen-bond donors (Lipinski definition) is 2. The lowest BCUT2D eigenvalue weighted by Gasteiger charge is -2.35. The molecule has 0 aliphatic carbocycles. The van der Waals surface area contributed by atoms with Crippen molar-refractivity contribution < 1.29 is 41.0 Å². The van der Waals surface area contributed by atoms with Crippen LogP contribution in [0.5, 0.6) is 0 Å². The smallest absolute Gasteiger partial charge is 0.416 e. The lowest BCUT2D eigenvalue weighted by Crippen LogP contribution is -2.41. The van der Waals surface area contributed by atoms with E-state index in [2.05, 4.69) is 5.32 Å². The van der Waals surface area contributed by atoms with Gasteiger partial charge in [-0.05, 0) is 73.4 Å². The highest BCUT2D eigenvalue weighted by molar-refractivity contribution is 5.97. The minimum atomic E-state index is -4.48. The van der Waals surface area contributed by atoms with Crippen LogP contribution in [0.1, 0.15) is 56.7 Å². The topological polar surface area (TPSA) is 74.9 Å². The molecule has 234 valence electrons. The van der Waals surface area contributed by atoms with E-state index in [1.165, 1.54) is 12.1 Å². The van der Waals surface area contributed by atoms with E-state index in [1.807, 2.05) is 6.07 Å². The number of hydrogen-bond acceptors (Lipinski definition) is 5. The molecule has 0 spiro atoms. The molecule has 44 heavy (non-hydrogen) atoms. The Kier molecular flexibility index (Phi) is 8.48. The molecule has 4 aromatic rings. The molecule has 2 N–H and O–H groups in total. The first-order valence-corrected chi connectivity index (χ1v) is 14.2. The molecule has 5 rings (SSSR count). The van der Waals surface area contributed by atoms with E-state index in [-0.39, 0.29) is 32.5 Å². The Hall–Kier alpha value is -3.96. The Morgan fingerprint density at radius 1 is 0.955 bits per heavy atom. The first kappa shape index (κ1) is 31.5. The van der Waals surface area contributed by atoms with Gasteiger partial charge in [-0.25, -0.2) is 13.6 Å². The molecular formula is C33H33F5N2O4. The van der Waals surface area contributed by atoms with E-state index in [0.29, 0.717) is 33.4 Å². The fourth-order valence-electron chi connectivity index (χ4n) is 5.14. The third-order valence-electron chi connectivity index (χ3n) is 7.41. The van der Waals surface area contributed by atoms with E-state index in [0.717, 1.165) is 23.3 Å². The summed E-state index contributed by atoms with van der Waals surface area (Å²) in [7, 11) is 0. The number of carbonyl (C=O) groups is 1. The number of ether oxygens (including phenoxy) is 1. The highest BCUT2D eigenvalue weighted by atomic mass is 19.4. The van der Waals surface area contributed by atoms with Crippen LogP contribution in [0.3, 0.4) is 0 Å². The third-order valence-corrected chi connectivity index (χ3v) is 7.41. The molecule has 2 heterocycles. The van der Waals surface area contributed by atoms with Crippen molar-refractivity contribution in [1.29, 1.82) is 0 Å².